The van der Waals surface area contributed by atoms with E-state index in [1.165, 1.54) is 0 Å². The summed E-state index contributed by atoms with van der Waals surface area (Å²) in [5, 5.41) is 0. The van der Waals surface area contributed by atoms with Crippen LogP contribution in [0, 0.1) is 0 Å². The van der Waals surface area contributed by atoms with Gasteiger partial charge < -0.3 is 5.71 Å². The molecule has 0 aliphatic rings. The van der Waals surface area contributed by atoms with Crippen LogP contribution in [0.1, 0.15) is 5.71 Å². The van der Waals surface area contributed by atoms with Crippen LogP contribution >= 0.6 is 0 Å². The van der Waals surface area contributed by atoms with Crippen LogP contribution in [0.15, 0.2) is 0 Å². The summed E-state index contributed by atoms with van der Waals surface area (Å²) in [4.78, 5) is 0. The Morgan fingerprint density at radius 3 is 1.00 bits per heavy atom. The van der Waals surface area contributed by atoms with Gasteiger partial charge in [-0.3, -0.25) is 0 Å². The predicted molar refractivity (Wildman–Crippen MR) is 25.9 cm³/mol. The van der Waals surface area contributed by atoms with Crippen LogP contribution in [0.2, 0.25) is 0 Å². The van der Waals surface area contributed by atoms with E-state index in [1.807, 2.05) is 0 Å². The van der Waals surface area contributed by atoms with E-state index < -0.39 is 0 Å². The molecule has 0 radical (unpaired) electrons. The molecule has 0 fully saturated rings. The Bertz CT molecular complexity index is 14.0. The van der Waals surface area contributed by atoms with Crippen LogP contribution in [-0.4, -0.2) is 63.5 Å². The number of hydrogen-bond donors (Lipinski definition) is 0. The van der Waals surface area contributed by atoms with Crippen molar-refractivity contribution in [1.82, 2.24) is 0 Å². The van der Waals surface area contributed by atoms with Crippen molar-refractivity contribution >= 4 is 63.5 Å². The molecular formula is H7AlMg2Zn. The van der Waals surface area contributed by atoms with Gasteiger partial charge in [-0.05, 0) is 0 Å². The zero-order valence-corrected chi connectivity index (χ0v) is 7.92. The molecule has 0 saturated heterocycles. The normalized spacial score (nSPS) is 0. The van der Waals surface area contributed by atoms with Gasteiger partial charge in [-0.15, -0.1) is 0 Å². The van der Waals surface area contributed by atoms with Crippen LogP contribution in [0.5, 0.6) is 0 Å². The molecule has 4 heavy (non-hydrogen) atoms. The van der Waals surface area contributed by atoms with E-state index >= 15 is 0 Å². The fourth-order valence-corrected chi connectivity index (χ4v) is 0. The monoisotopic (exact) mass is 146 g/mol. The summed E-state index contributed by atoms with van der Waals surface area (Å²) in [5.74, 6) is 0. The second-order valence-electron chi connectivity index (χ2n) is 0. The molecule has 0 amide bonds. The van der Waals surface area contributed by atoms with Crippen LogP contribution < -0.4 is 0 Å². The van der Waals surface area contributed by atoms with Crippen LogP contribution in [0.4, 0.5) is 0 Å². The Kier molecular flexibility index (Phi) is 130. The average Bonchev–Trinajstić information content (AvgIpc) is 0. The molecule has 0 aliphatic heterocycles. The van der Waals surface area contributed by atoms with Crippen molar-refractivity contribution in [3.05, 3.63) is 0 Å². The van der Waals surface area contributed by atoms with E-state index in [2.05, 4.69) is 0 Å². The molecule has 0 atom stereocenters. The Morgan fingerprint density at radius 1 is 1.00 bits per heavy atom. The third-order valence-corrected chi connectivity index (χ3v) is 0. The van der Waals surface area contributed by atoms with Crippen molar-refractivity contribution in [2.45, 2.75) is 0 Å². The third-order valence-electron chi connectivity index (χ3n) is 0. The summed E-state index contributed by atoms with van der Waals surface area (Å²) in [7, 11) is 0. The molecule has 0 aliphatic carbocycles. The van der Waals surface area contributed by atoms with Gasteiger partial charge in [0.05, 0.1) is 0 Å². The maximum absolute atomic E-state index is 0. The first-order valence-electron chi connectivity index (χ1n) is 0. The first-order valence-corrected chi connectivity index (χ1v) is 0. The molecule has 0 unspecified atom stereocenters. The van der Waals surface area contributed by atoms with Gasteiger partial charge in [0.1, 0.15) is 0 Å². The maximum Gasteiger partial charge on any atom is 2.00 e. The van der Waals surface area contributed by atoms with Gasteiger partial charge in [-0.1, -0.05) is 0 Å². The third kappa shape index (κ3) is 8.82. The minimum absolute atomic E-state index is 0. The van der Waals surface area contributed by atoms with Gasteiger partial charge >= 0.3 is 46.1 Å². The molecule has 4 heteroatoms. The molecule has 0 spiro atoms. The van der Waals surface area contributed by atoms with Crippen LogP contribution in [0.25, 0.3) is 0 Å². The van der Waals surface area contributed by atoms with Crippen molar-refractivity contribution in [3.63, 3.8) is 0 Å². The van der Waals surface area contributed by atoms with Crippen molar-refractivity contribution in [1.29, 1.82) is 0 Å². The van der Waals surface area contributed by atoms with E-state index in [4.69, 9.17) is 0 Å². The summed E-state index contributed by atoms with van der Waals surface area (Å²) >= 11 is 0. The number of rotatable bonds is 0. The topological polar surface area (TPSA) is 0 Å². The van der Waals surface area contributed by atoms with Gasteiger partial charge in [0.25, 0.3) is 0 Å². The standard InChI is InChI=1S/Al.2Mg.Zn.7H/q;2*+2;;;;;4*-1. The second kappa shape index (κ2) is 17.3. The van der Waals surface area contributed by atoms with Gasteiger partial charge in [0.2, 0.25) is 0 Å². The van der Waals surface area contributed by atoms with Crippen molar-refractivity contribution in [2.24, 2.45) is 0 Å². The van der Waals surface area contributed by atoms with E-state index in [1.54, 1.807) is 0 Å². The van der Waals surface area contributed by atoms with E-state index in [-0.39, 0.29) is 88.7 Å². The molecule has 0 aromatic rings. The SMILES string of the molecule is [AlH3].[H-].[H-].[H-].[H-].[Mg+2].[Mg+2].[Zn]. The molecule has 0 bridgehead atoms. The maximum atomic E-state index is 0. The fourth-order valence-electron chi connectivity index (χ4n) is 0. The van der Waals surface area contributed by atoms with Crippen molar-refractivity contribution in [2.75, 3.05) is 0 Å². The predicted octanol–water partition coefficient (Wildman–Crippen LogP) is -1.50. The van der Waals surface area contributed by atoms with Crippen LogP contribution in [-0.2, 0) is 19.5 Å². The molecule has 0 saturated carbocycles. The Morgan fingerprint density at radius 2 is 1.00 bits per heavy atom. The van der Waals surface area contributed by atoms with Gasteiger partial charge in [-0.2, -0.15) is 0 Å². The Balaban J connectivity index is 0. The Hall–Kier alpha value is 2.69. The zero-order chi connectivity index (χ0) is 0. The molecular weight excluding hydrogens is 141 g/mol. The molecule has 0 aromatic carbocycles. The number of hydrogen-bond acceptors (Lipinski definition) is 0. The van der Waals surface area contributed by atoms with Crippen LogP contribution in [0.3, 0.4) is 0 Å². The average molecular weight is 148 g/mol. The summed E-state index contributed by atoms with van der Waals surface area (Å²) in [6, 6.07) is 0. The smallest absolute Gasteiger partial charge is 1.00 e. The first kappa shape index (κ1) is 29.9. The minimum atomic E-state index is 0. The van der Waals surface area contributed by atoms with Gasteiger partial charge in [0, 0.05) is 19.5 Å². The molecule has 0 nitrogen and oxygen atoms in total. The summed E-state index contributed by atoms with van der Waals surface area (Å²) < 4.78 is 0. The van der Waals surface area contributed by atoms with E-state index in [0.29, 0.717) is 0 Å². The summed E-state index contributed by atoms with van der Waals surface area (Å²) in [5.41, 5.74) is 0. The van der Waals surface area contributed by atoms with Gasteiger partial charge in [-0.25, -0.2) is 0 Å². The van der Waals surface area contributed by atoms with E-state index in [0.717, 1.165) is 0 Å². The fraction of sp³-hybridized carbons (Fsp3) is 0. The van der Waals surface area contributed by atoms with Crippen molar-refractivity contribution in [3.8, 4) is 0 Å². The van der Waals surface area contributed by atoms with E-state index in [9.17, 15) is 0 Å². The molecule has 0 rings (SSSR count). The van der Waals surface area contributed by atoms with Gasteiger partial charge in [0.15, 0.2) is 17.4 Å². The molecule has 0 N–H and O–H groups in total. The summed E-state index contributed by atoms with van der Waals surface area (Å²) in [6.45, 7) is 0. The second-order valence-corrected chi connectivity index (χ2v) is 0. The van der Waals surface area contributed by atoms with Crippen molar-refractivity contribution < 1.29 is 25.2 Å². The molecule has 0 aromatic heterocycles. The minimum Gasteiger partial charge on any atom is -1.00 e. The summed E-state index contributed by atoms with van der Waals surface area (Å²) in [6.07, 6.45) is 0. The molecule has 16 valence electrons. The molecule has 0 heterocycles. The first-order chi connectivity index (χ1) is 0. The quantitative estimate of drug-likeness (QED) is 0.367. The Labute approximate surface area is 87.6 Å². The zero-order valence-electron chi connectivity index (χ0n) is 6.12. The largest absolute Gasteiger partial charge is 2.00 e.